The van der Waals surface area contributed by atoms with Gasteiger partial charge in [0, 0.05) is 11.6 Å². The van der Waals surface area contributed by atoms with E-state index < -0.39 is 5.97 Å². The summed E-state index contributed by atoms with van der Waals surface area (Å²) in [5.74, 6) is -1.32. The first-order chi connectivity index (χ1) is 12.4. The number of carbonyl (C=O) groups is 3. The summed E-state index contributed by atoms with van der Waals surface area (Å²) in [4.78, 5) is 34.6. The van der Waals surface area contributed by atoms with Crippen molar-refractivity contribution in [2.45, 2.75) is 32.4 Å². The minimum atomic E-state index is -1.20. The number of nitrogens with zero attached hydrogens (tertiary/aromatic N) is 3. The summed E-state index contributed by atoms with van der Waals surface area (Å²) < 4.78 is 1.17. The Kier molecular flexibility index (Phi) is 4.97. The van der Waals surface area contributed by atoms with Crippen LogP contribution in [0.5, 0.6) is 0 Å². The van der Waals surface area contributed by atoms with Crippen LogP contribution in [0.4, 0.5) is 5.69 Å². The zero-order chi connectivity index (χ0) is 18.7. The van der Waals surface area contributed by atoms with Crippen molar-refractivity contribution in [3.8, 4) is 0 Å². The highest BCUT2D eigenvalue weighted by Gasteiger charge is 2.29. The van der Waals surface area contributed by atoms with E-state index in [2.05, 4.69) is 20.9 Å². The van der Waals surface area contributed by atoms with Crippen LogP contribution in [0.1, 0.15) is 41.9 Å². The zero-order valence-electron chi connectivity index (χ0n) is 14.2. The topological polar surface area (TPSA) is 126 Å². The van der Waals surface area contributed by atoms with Gasteiger partial charge in [-0.1, -0.05) is 17.3 Å². The number of hydrogen-bond acceptors (Lipinski definition) is 5. The summed E-state index contributed by atoms with van der Waals surface area (Å²) in [5.41, 5.74) is 1.40. The van der Waals surface area contributed by atoms with Crippen LogP contribution in [0.25, 0.3) is 0 Å². The van der Waals surface area contributed by atoms with Gasteiger partial charge in [-0.25, -0.2) is 9.48 Å². The Balaban J connectivity index is 1.52. The predicted octanol–water partition coefficient (Wildman–Crippen LogP) is 1.20. The number of rotatable bonds is 7. The van der Waals surface area contributed by atoms with Gasteiger partial charge in [0.1, 0.15) is 6.54 Å². The molecule has 9 heteroatoms. The van der Waals surface area contributed by atoms with Crippen LogP contribution in [0.2, 0.25) is 0 Å². The van der Waals surface area contributed by atoms with Crippen LogP contribution in [0.3, 0.4) is 0 Å². The van der Waals surface area contributed by atoms with Crippen molar-refractivity contribution in [3.63, 3.8) is 0 Å². The van der Waals surface area contributed by atoms with E-state index in [1.54, 1.807) is 12.1 Å². The highest BCUT2D eigenvalue weighted by molar-refractivity contribution is 5.94. The highest BCUT2D eigenvalue weighted by atomic mass is 16.4. The fraction of sp³-hybridized carbons (Fsp3) is 0.353. The van der Waals surface area contributed by atoms with Crippen LogP contribution in [0, 0.1) is 5.92 Å². The molecular weight excluding hydrogens is 338 g/mol. The van der Waals surface area contributed by atoms with Crippen LogP contribution < -0.4 is 10.6 Å². The van der Waals surface area contributed by atoms with Gasteiger partial charge in [-0.2, -0.15) is 0 Å². The van der Waals surface area contributed by atoms with Crippen LogP contribution in [0.15, 0.2) is 30.5 Å². The molecule has 2 aromatic rings. The molecule has 2 amide bonds. The standard InChI is InChI=1S/C17H19N5O4/c1-10(18-15(23)9-22-8-14(17(25)26)20-21-22)11-4-6-13(7-5-11)19-16(24)12-2-3-12/h4-8,10,12H,2-3,9H2,1H3,(H,18,23)(H,19,24)(H,25,26). The summed E-state index contributed by atoms with van der Waals surface area (Å²) >= 11 is 0. The van der Waals surface area contributed by atoms with E-state index in [-0.39, 0.29) is 36.0 Å². The van der Waals surface area contributed by atoms with E-state index in [1.807, 2.05) is 19.1 Å². The molecule has 3 rings (SSSR count). The molecule has 1 fully saturated rings. The van der Waals surface area contributed by atoms with Crippen molar-refractivity contribution in [3.05, 3.63) is 41.7 Å². The van der Waals surface area contributed by atoms with Gasteiger partial charge in [-0.05, 0) is 37.5 Å². The molecule has 1 unspecified atom stereocenters. The number of carboxylic acids is 1. The maximum absolute atomic E-state index is 12.1. The van der Waals surface area contributed by atoms with Crippen molar-refractivity contribution >= 4 is 23.5 Å². The van der Waals surface area contributed by atoms with Gasteiger partial charge in [0.15, 0.2) is 5.69 Å². The molecular formula is C17H19N5O4. The van der Waals surface area contributed by atoms with Gasteiger partial charge in [-0.15, -0.1) is 5.10 Å². The maximum Gasteiger partial charge on any atom is 0.358 e. The molecule has 1 aliphatic rings. The lowest BCUT2D eigenvalue weighted by Crippen LogP contribution is -2.30. The number of benzene rings is 1. The van der Waals surface area contributed by atoms with Gasteiger partial charge >= 0.3 is 5.97 Å². The third kappa shape index (κ3) is 4.44. The van der Waals surface area contributed by atoms with Crippen molar-refractivity contribution in [2.75, 3.05) is 5.32 Å². The minimum absolute atomic E-state index is 0.0488. The van der Waals surface area contributed by atoms with Crippen LogP contribution in [-0.4, -0.2) is 37.9 Å². The molecule has 136 valence electrons. The van der Waals surface area contributed by atoms with E-state index >= 15 is 0 Å². The number of hydrogen-bond donors (Lipinski definition) is 3. The number of anilines is 1. The first-order valence-corrected chi connectivity index (χ1v) is 8.26. The SMILES string of the molecule is CC(NC(=O)Cn1cc(C(=O)O)nn1)c1ccc(NC(=O)C2CC2)cc1. The molecule has 1 heterocycles. The molecule has 3 N–H and O–H groups in total. The molecule has 9 nitrogen and oxygen atoms in total. The number of amides is 2. The van der Waals surface area contributed by atoms with Crippen molar-refractivity contribution in [1.29, 1.82) is 0 Å². The molecule has 0 spiro atoms. The number of aromatic nitrogens is 3. The quantitative estimate of drug-likeness (QED) is 0.683. The minimum Gasteiger partial charge on any atom is -0.476 e. The number of nitrogens with one attached hydrogen (secondary N) is 2. The van der Waals surface area contributed by atoms with Gasteiger partial charge in [0.25, 0.3) is 0 Å². The molecule has 0 radical (unpaired) electrons. The summed E-state index contributed by atoms with van der Waals surface area (Å²) in [5, 5.41) is 21.5. The average Bonchev–Trinajstić information content (AvgIpc) is 3.35. The molecule has 1 saturated carbocycles. The van der Waals surface area contributed by atoms with E-state index in [0.29, 0.717) is 0 Å². The Bertz CT molecular complexity index is 826. The van der Waals surface area contributed by atoms with E-state index in [0.717, 1.165) is 24.1 Å². The average molecular weight is 357 g/mol. The second-order valence-corrected chi connectivity index (χ2v) is 6.28. The molecule has 0 aliphatic heterocycles. The Morgan fingerprint density at radius 3 is 2.54 bits per heavy atom. The first-order valence-electron chi connectivity index (χ1n) is 8.26. The third-order valence-electron chi connectivity index (χ3n) is 4.07. The van der Waals surface area contributed by atoms with E-state index in [9.17, 15) is 14.4 Å². The summed E-state index contributed by atoms with van der Waals surface area (Å²) in [6.07, 6.45) is 3.10. The lowest BCUT2D eigenvalue weighted by atomic mass is 10.1. The fourth-order valence-electron chi connectivity index (χ4n) is 2.44. The maximum atomic E-state index is 12.1. The van der Waals surface area contributed by atoms with E-state index in [4.69, 9.17) is 5.11 Å². The third-order valence-corrected chi connectivity index (χ3v) is 4.07. The monoisotopic (exact) mass is 357 g/mol. The number of aromatic carboxylic acids is 1. The predicted molar refractivity (Wildman–Crippen MR) is 91.3 cm³/mol. The van der Waals surface area contributed by atoms with Gasteiger partial charge in [-0.3, -0.25) is 9.59 Å². The first kappa shape index (κ1) is 17.6. The number of carboxylic acid groups (broad SMARTS) is 1. The van der Waals surface area contributed by atoms with Crippen molar-refractivity contribution in [2.24, 2.45) is 5.92 Å². The Labute approximate surface area is 149 Å². The van der Waals surface area contributed by atoms with Gasteiger partial charge < -0.3 is 15.7 Å². The summed E-state index contributed by atoms with van der Waals surface area (Å²) in [6.45, 7) is 1.71. The Hall–Kier alpha value is -3.23. The molecule has 0 saturated heterocycles. The molecule has 1 atom stereocenters. The molecule has 26 heavy (non-hydrogen) atoms. The highest BCUT2D eigenvalue weighted by Crippen LogP contribution is 2.30. The van der Waals surface area contributed by atoms with Crippen molar-refractivity contribution < 1.29 is 19.5 Å². The summed E-state index contributed by atoms with van der Waals surface area (Å²) in [7, 11) is 0. The smallest absolute Gasteiger partial charge is 0.358 e. The largest absolute Gasteiger partial charge is 0.476 e. The summed E-state index contributed by atoms with van der Waals surface area (Å²) in [6, 6.07) is 7.03. The van der Waals surface area contributed by atoms with Crippen LogP contribution >= 0.6 is 0 Å². The Morgan fingerprint density at radius 1 is 1.27 bits per heavy atom. The van der Waals surface area contributed by atoms with Crippen LogP contribution in [-0.2, 0) is 16.1 Å². The second kappa shape index (κ2) is 7.34. The van der Waals surface area contributed by atoms with Crippen molar-refractivity contribution in [1.82, 2.24) is 20.3 Å². The molecule has 0 bridgehead atoms. The van der Waals surface area contributed by atoms with Gasteiger partial charge in [0.05, 0.1) is 12.2 Å². The van der Waals surface area contributed by atoms with Gasteiger partial charge in [0.2, 0.25) is 11.8 Å². The van der Waals surface area contributed by atoms with E-state index in [1.165, 1.54) is 10.9 Å². The second-order valence-electron chi connectivity index (χ2n) is 6.28. The number of carbonyl (C=O) groups excluding carboxylic acids is 2. The lowest BCUT2D eigenvalue weighted by Gasteiger charge is -2.15. The lowest BCUT2D eigenvalue weighted by molar-refractivity contribution is -0.122. The fourth-order valence-corrected chi connectivity index (χ4v) is 2.44. The Morgan fingerprint density at radius 2 is 1.96 bits per heavy atom. The zero-order valence-corrected chi connectivity index (χ0v) is 14.2. The normalized spacial score (nSPS) is 14.5. The molecule has 1 aliphatic carbocycles. The molecule has 1 aromatic carbocycles. The molecule has 1 aromatic heterocycles.